The van der Waals surface area contributed by atoms with Crippen molar-refractivity contribution >= 4 is 11.6 Å². The molecule has 0 radical (unpaired) electrons. The molecule has 1 saturated heterocycles. The number of phenolic OH excluding ortho intramolecular Hbond substituents is 1. The van der Waals surface area contributed by atoms with Gasteiger partial charge in [0.2, 0.25) is 5.91 Å². The second-order valence-corrected chi connectivity index (χ2v) is 6.00. The average molecular weight is 325 g/mol. The fourth-order valence-electron chi connectivity index (χ4n) is 3.18. The number of nitrogens with zero attached hydrogens (tertiary/aromatic N) is 2. The molecule has 0 aliphatic carbocycles. The number of piperazine rings is 1. The van der Waals surface area contributed by atoms with Crippen LogP contribution in [0.15, 0.2) is 54.6 Å². The van der Waals surface area contributed by atoms with E-state index in [0.29, 0.717) is 32.7 Å². The lowest BCUT2D eigenvalue weighted by Crippen LogP contribution is -2.50. The van der Waals surface area contributed by atoms with Crippen LogP contribution in [0.3, 0.4) is 0 Å². The van der Waals surface area contributed by atoms with Gasteiger partial charge in [0.25, 0.3) is 0 Å². The second kappa shape index (κ2) is 7.36. The predicted molar refractivity (Wildman–Crippen MR) is 95.1 cm³/mol. The molecular weight excluding hydrogens is 302 g/mol. The number of benzene rings is 2. The van der Waals surface area contributed by atoms with E-state index in [-0.39, 0.29) is 17.6 Å². The topological polar surface area (TPSA) is 69.8 Å². The number of carbonyl (C=O) groups is 1. The molecular formula is C19H23N3O2. The predicted octanol–water partition coefficient (Wildman–Crippen LogP) is 1.78. The molecule has 1 heterocycles. The van der Waals surface area contributed by atoms with E-state index < -0.39 is 0 Å². The van der Waals surface area contributed by atoms with Crippen molar-refractivity contribution in [1.82, 2.24) is 4.90 Å². The minimum absolute atomic E-state index is 0.0839. The molecule has 1 unspecified atom stereocenters. The van der Waals surface area contributed by atoms with Crippen LogP contribution in [0.5, 0.6) is 5.75 Å². The Morgan fingerprint density at radius 2 is 1.62 bits per heavy atom. The van der Waals surface area contributed by atoms with Crippen LogP contribution in [-0.4, -0.2) is 48.6 Å². The van der Waals surface area contributed by atoms with E-state index in [0.717, 1.165) is 11.3 Å². The van der Waals surface area contributed by atoms with Crippen LogP contribution in [0.2, 0.25) is 0 Å². The molecule has 0 saturated carbocycles. The Balaban J connectivity index is 1.66. The molecule has 5 nitrogen and oxygen atoms in total. The summed E-state index contributed by atoms with van der Waals surface area (Å²) < 4.78 is 0. The summed E-state index contributed by atoms with van der Waals surface area (Å²) in [4.78, 5) is 16.8. The minimum atomic E-state index is -0.289. The number of hydrogen-bond acceptors (Lipinski definition) is 4. The normalized spacial score (nSPS) is 16.0. The summed E-state index contributed by atoms with van der Waals surface area (Å²) in [5.41, 5.74) is 7.65. The largest absolute Gasteiger partial charge is 0.506 e. The summed E-state index contributed by atoms with van der Waals surface area (Å²) in [7, 11) is 0. The molecule has 5 heteroatoms. The number of amides is 1. The first-order valence-electron chi connectivity index (χ1n) is 8.27. The van der Waals surface area contributed by atoms with Crippen LogP contribution in [0.1, 0.15) is 11.5 Å². The SMILES string of the molecule is NCC(C(=O)N1CCN(c2ccccc2O)CC1)c1ccccc1. The highest BCUT2D eigenvalue weighted by Gasteiger charge is 2.28. The molecule has 3 rings (SSSR count). The third-order valence-corrected chi connectivity index (χ3v) is 4.55. The van der Waals surface area contributed by atoms with Crippen LogP contribution >= 0.6 is 0 Å². The number of rotatable bonds is 4. The molecule has 0 aromatic heterocycles. The molecule has 0 spiro atoms. The van der Waals surface area contributed by atoms with E-state index in [4.69, 9.17) is 5.73 Å². The van der Waals surface area contributed by atoms with Gasteiger partial charge < -0.3 is 20.6 Å². The highest BCUT2D eigenvalue weighted by Crippen LogP contribution is 2.27. The zero-order valence-electron chi connectivity index (χ0n) is 13.6. The van der Waals surface area contributed by atoms with Gasteiger partial charge in [0.05, 0.1) is 11.6 Å². The van der Waals surface area contributed by atoms with Crippen LogP contribution in [0, 0.1) is 0 Å². The third kappa shape index (κ3) is 3.36. The van der Waals surface area contributed by atoms with E-state index >= 15 is 0 Å². The van der Waals surface area contributed by atoms with Gasteiger partial charge in [-0.05, 0) is 17.7 Å². The number of nitrogens with two attached hydrogens (primary N) is 1. The molecule has 1 atom stereocenters. The van der Waals surface area contributed by atoms with Crippen molar-refractivity contribution in [3.8, 4) is 5.75 Å². The van der Waals surface area contributed by atoms with Gasteiger partial charge in [-0.1, -0.05) is 42.5 Å². The van der Waals surface area contributed by atoms with Crippen molar-refractivity contribution in [3.05, 3.63) is 60.2 Å². The summed E-state index contributed by atoms with van der Waals surface area (Å²) >= 11 is 0. The third-order valence-electron chi connectivity index (χ3n) is 4.55. The van der Waals surface area contributed by atoms with Crippen molar-refractivity contribution in [3.63, 3.8) is 0 Å². The standard InChI is InChI=1S/C19H23N3O2/c20-14-16(15-6-2-1-3-7-15)19(24)22-12-10-21(11-13-22)17-8-4-5-9-18(17)23/h1-9,16,23H,10-14,20H2. The zero-order valence-corrected chi connectivity index (χ0v) is 13.6. The maximum absolute atomic E-state index is 12.8. The lowest BCUT2D eigenvalue weighted by Gasteiger charge is -2.37. The van der Waals surface area contributed by atoms with Gasteiger partial charge in [0, 0.05) is 32.7 Å². The van der Waals surface area contributed by atoms with Gasteiger partial charge in [0.15, 0.2) is 0 Å². The maximum Gasteiger partial charge on any atom is 0.231 e. The van der Waals surface area contributed by atoms with Crippen LogP contribution < -0.4 is 10.6 Å². The van der Waals surface area contributed by atoms with Gasteiger partial charge in [-0.25, -0.2) is 0 Å². The Hall–Kier alpha value is -2.53. The number of phenols is 1. The molecule has 0 bridgehead atoms. The Morgan fingerprint density at radius 3 is 2.25 bits per heavy atom. The summed E-state index contributed by atoms with van der Waals surface area (Å²) in [6.07, 6.45) is 0. The number of para-hydroxylation sites is 2. The molecule has 2 aromatic rings. The van der Waals surface area contributed by atoms with E-state index in [1.807, 2.05) is 53.4 Å². The first kappa shape index (κ1) is 16.3. The van der Waals surface area contributed by atoms with Crippen molar-refractivity contribution in [2.45, 2.75) is 5.92 Å². The van der Waals surface area contributed by atoms with Gasteiger partial charge in [-0.2, -0.15) is 0 Å². The zero-order chi connectivity index (χ0) is 16.9. The first-order chi connectivity index (χ1) is 11.7. The average Bonchev–Trinajstić information content (AvgIpc) is 2.64. The quantitative estimate of drug-likeness (QED) is 0.899. The number of anilines is 1. The number of hydrogen-bond donors (Lipinski definition) is 2. The summed E-state index contributed by atoms with van der Waals surface area (Å²) in [5.74, 6) is 0.0740. The van der Waals surface area contributed by atoms with E-state index in [9.17, 15) is 9.90 Å². The Labute approximate surface area is 142 Å². The highest BCUT2D eigenvalue weighted by atomic mass is 16.3. The Morgan fingerprint density at radius 1 is 1.00 bits per heavy atom. The molecule has 2 aromatic carbocycles. The molecule has 126 valence electrons. The summed E-state index contributed by atoms with van der Waals surface area (Å²) in [5, 5.41) is 9.97. The van der Waals surface area contributed by atoms with Crippen LogP contribution in [0.4, 0.5) is 5.69 Å². The minimum Gasteiger partial charge on any atom is -0.506 e. The molecule has 1 amide bonds. The lowest BCUT2D eigenvalue weighted by molar-refractivity contribution is -0.132. The van der Waals surface area contributed by atoms with Crippen molar-refractivity contribution in [2.24, 2.45) is 5.73 Å². The van der Waals surface area contributed by atoms with Gasteiger partial charge >= 0.3 is 0 Å². The summed E-state index contributed by atoms with van der Waals surface area (Å²) in [6, 6.07) is 17.0. The Bertz CT molecular complexity index is 682. The summed E-state index contributed by atoms with van der Waals surface area (Å²) in [6.45, 7) is 2.99. The fraction of sp³-hybridized carbons (Fsp3) is 0.316. The number of aromatic hydroxyl groups is 1. The van der Waals surface area contributed by atoms with Gasteiger partial charge in [-0.15, -0.1) is 0 Å². The molecule has 1 aliphatic rings. The lowest BCUT2D eigenvalue weighted by atomic mass is 9.97. The van der Waals surface area contributed by atoms with Crippen molar-refractivity contribution < 1.29 is 9.90 Å². The monoisotopic (exact) mass is 325 g/mol. The maximum atomic E-state index is 12.8. The van der Waals surface area contributed by atoms with E-state index in [2.05, 4.69) is 4.90 Å². The van der Waals surface area contributed by atoms with Crippen molar-refractivity contribution in [2.75, 3.05) is 37.6 Å². The van der Waals surface area contributed by atoms with Crippen LogP contribution in [0.25, 0.3) is 0 Å². The number of carbonyl (C=O) groups excluding carboxylic acids is 1. The fourth-order valence-corrected chi connectivity index (χ4v) is 3.18. The van der Waals surface area contributed by atoms with Gasteiger partial charge in [-0.3, -0.25) is 4.79 Å². The van der Waals surface area contributed by atoms with E-state index in [1.165, 1.54) is 0 Å². The first-order valence-corrected chi connectivity index (χ1v) is 8.27. The molecule has 24 heavy (non-hydrogen) atoms. The van der Waals surface area contributed by atoms with Crippen molar-refractivity contribution in [1.29, 1.82) is 0 Å². The smallest absolute Gasteiger partial charge is 0.231 e. The molecule has 3 N–H and O–H groups in total. The van der Waals surface area contributed by atoms with Gasteiger partial charge in [0.1, 0.15) is 5.75 Å². The molecule has 1 fully saturated rings. The second-order valence-electron chi connectivity index (χ2n) is 6.00. The molecule has 1 aliphatic heterocycles. The highest BCUT2D eigenvalue weighted by molar-refractivity contribution is 5.84. The van der Waals surface area contributed by atoms with E-state index in [1.54, 1.807) is 6.07 Å². The van der Waals surface area contributed by atoms with Crippen LogP contribution in [-0.2, 0) is 4.79 Å². The Kier molecular flexibility index (Phi) is 5.01.